The molecule has 0 rings (SSSR count). The maximum Gasteiger partial charge on any atom is 0.323 e. The van der Waals surface area contributed by atoms with E-state index in [1.807, 2.05) is 0 Å². The van der Waals surface area contributed by atoms with Crippen molar-refractivity contribution in [1.29, 1.82) is 0 Å². The van der Waals surface area contributed by atoms with Crippen LogP contribution in [0.15, 0.2) is 12.7 Å². The zero-order valence-corrected chi connectivity index (χ0v) is 9.23. The monoisotopic (exact) mass is 228 g/mol. The Labute approximate surface area is 93.9 Å². The molecule has 6 nitrogen and oxygen atoms in total. The van der Waals surface area contributed by atoms with Crippen molar-refractivity contribution >= 4 is 17.8 Å². The van der Waals surface area contributed by atoms with Gasteiger partial charge in [0.05, 0.1) is 0 Å². The van der Waals surface area contributed by atoms with Crippen LogP contribution in [0.1, 0.15) is 13.3 Å². The van der Waals surface area contributed by atoms with E-state index in [1.165, 1.54) is 13.0 Å². The summed E-state index contributed by atoms with van der Waals surface area (Å²) >= 11 is 0. The second-order valence-electron chi connectivity index (χ2n) is 3.19. The van der Waals surface area contributed by atoms with Gasteiger partial charge in [-0.15, -0.1) is 6.58 Å². The second-order valence-corrected chi connectivity index (χ2v) is 3.19. The van der Waals surface area contributed by atoms with Crippen molar-refractivity contribution in [2.45, 2.75) is 13.3 Å². The Hall–Kier alpha value is -1.85. The number of carbonyl (C=O) groups excluding carboxylic acids is 2. The Morgan fingerprint density at radius 3 is 2.50 bits per heavy atom. The van der Waals surface area contributed by atoms with E-state index in [2.05, 4.69) is 11.9 Å². The molecule has 0 aliphatic carbocycles. The van der Waals surface area contributed by atoms with Crippen LogP contribution in [0.3, 0.4) is 0 Å². The zero-order valence-electron chi connectivity index (χ0n) is 9.23. The van der Waals surface area contributed by atoms with Crippen molar-refractivity contribution in [3.8, 4) is 0 Å². The molecule has 16 heavy (non-hydrogen) atoms. The topological polar surface area (TPSA) is 86.7 Å². The van der Waals surface area contributed by atoms with Crippen LogP contribution in [0.5, 0.6) is 0 Å². The second kappa shape index (κ2) is 7.44. The number of amides is 2. The standard InChI is InChI=1S/C10H16N2O4/c1-3-6-12(7-10(15)16)9(14)4-5-11-8(2)13/h3H,1,4-7H2,2H3,(H,11,13)(H,15,16). The number of rotatable bonds is 7. The van der Waals surface area contributed by atoms with Gasteiger partial charge in [-0.3, -0.25) is 14.4 Å². The van der Waals surface area contributed by atoms with E-state index in [4.69, 9.17) is 5.11 Å². The lowest BCUT2D eigenvalue weighted by atomic mass is 10.3. The fraction of sp³-hybridized carbons (Fsp3) is 0.500. The summed E-state index contributed by atoms with van der Waals surface area (Å²) < 4.78 is 0. The van der Waals surface area contributed by atoms with Crippen LogP contribution < -0.4 is 5.32 Å². The fourth-order valence-corrected chi connectivity index (χ4v) is 1.08. The molecule has 0 saturated heterocycles. The highest BCUT2D eigenvalue weighted by atomic mass is 16.4. The molecule has 0 unspecified atom stereocenters. The molecule has 0 aliphatic heterocycles. The van der Waals surface area contributed by atoms with Gasteiger partial charge < -0.3 is 15.3 Å². The molecular formula is C10H16N2O4. The number of aliphatic carboxylic acids is 1. The van der Waals surface area contributed by atoms with Crippen LogP contribution in [0.25, 0.3) is 0 Å². The number of hydrogen-bond acceptors (Lipinski definition) is 3. The van der Waals surface area contributed by atoms with Gasteiger partial charge in [-0.2, -0.15) is 0 Å². The Balaban J connectivity index is 4.10. The summed E-state index contributed by atoms with van der Waals surface area (Å²) in [6.45, 7) is 4.83. The van der Waals surface area contributed by atoms with Crippen LogP contribution in [-0.4, -0.2) is 47.4 Å². The molecule has 2 N–H and O–H groups in total. The first-order valence-corrected chi connectivity index (χ1v) is 4.82. The van der Waals surface area contributed by atoms with Crippen molar-refractivity contribution < 1.29 is 19.5 Å². The van der Waals surface area contributed by atoms with Crippen LogP contribution >= 0.6 is 0 Å². The third kappa shape index (κ3) is 6.58. The average Bonchev–Trinajstić information content (AvgIpc) is 2.15. The van der Waals surface area contributed by atoms with Gasteiger partial charge in [0.15, 0.2) is 0 Å². The molecule has 0 atom stereocenters. The first kappa shape index (κ1) is 14.2. The summed E-state index contributed by atoms with van der Waals surface area (Å²) in [5, 5.41) is 11.0. The molecule has 90 valence electrons. The Morgan fingerprint density at radius 1 is 1.44 bits per heavy atom. The highest BCUT2D eigenvalue weighted by molar-refractivity contribution is 5.82. The van der Waals surface area contributed by atoms with Crippen LogP contribution in [0.4, 0.5) is 0 Å². The zero-order chi connectivity index (χ0) is 12.6. The van der Waals surface area contributed by atoms with Gasteiger partial charge in [-0.25, -0.2) is 0 Å². The molecule has 0 aromatic carbocycles. The molecular weight excluding hydrogens is 212 g/mol. The van der Waals surface area contributed by atoms with Crippen molar-refractivity contribution in [2.75, 3.05) is 19.6 Å². The molecule has 0 bridgehead atoms. The Bertz CT molecular complexity index is 289. The van der Waals surface area contributed by atoms with E-state index in [-0.39, 0.29) is 37.9 Å². The summed E-state index contributed by atoms with van der Waals surface area (Å²) in [6, 6.07) is 0. The predicted octanol–water partition coefficient (Wildman–Crippen LogP) is -0.388. The van der Waals surface area contributed by atoms with Gasteiger partial charge in [0.2, 0.25) is 11.8 Å². The van der Waals surface area contributed by atoms with Gasteiger partial charge in [0.25, 0.3) is 0 Å². The highest BCUT2D eigenvalue weighted by Crippen LogP contribution is 1.94. The largest absolute Gasteiger partial charge is 0.480 e. The highest BCUT2D eigenvalue weighted by Gasteiger charge is 2.14. The van der Waals surface area contributed by atoms with Crippen molar-refractivity contribution in [1.82, 2.24) is 10.2 Å². The van der Waals surface area contributed by atoms with E-state index in [0.29, 0.717) is 0 Å². The van der Waals surface area contributed by atoms with Gasteiger partial charge in [-0.05, 0) is 0 Å². The van der Waals surface area contributed by atoms with Gasteiger partial charge >= 0.3 is 5.97 Å². The molecule has 2 amide bonds. The summed E-state index contributed by atoms with van der Waals surface area (Å²) in [6.07, 6.45) is 1.54. The molecule has 0 fully saturated rings. The molecule has 0 radical (unpaired) electrons. The SMILES string of the molecule is C=CCN(CC(=O)O)C(=O)CCNC(C)=O. The normalized spacial score (nSPS) is 9.31. The van der Waals surface area contributed by atoms with E-state index >= 15 is 0 Å². The smallest absolute Gasteiger partial charge is 0.323 e. The maximum atomic E-state index is 11.5. The van der Waals surface area contributed by atoms with Crippen molar-refractivity contribution in [3.63, 3.8) is 0 Å². The van der Waals surface area contributed by atoms with E-state index < -0.39 is 5.97 Å². The van der Waals surface area contributed by atoms with Gasteiger partial charge in [0.1, 0.15) is 6.54 Å². The summed E-state index contributed by atoms with van der Waals surface area (Å²) in [5.74, 6) is -1.62. The first-order valence-electron chi connectivity index (χ1n) is 4.82. The molecule has 0 aromatic rings. The lowest BCUT2D eigenvalue weighted by Crippen LogP contribution is -2.37. The maximum absolute atomic E-state index is 11.5. The fourth-order valence-electron chi connectivity index (χ4n) is 1.08. The number of carboxylic acids is 1. The minimum atomic E-state index is -1.07. The number of carboxylic acid groups (broad SMARTS) is 1. The van der Waals surface area contributed by atoms with E-state index in [9.17, 15) is 14.4 Å². The molecule has 0 heterocycles. The molecule has 0 aliphatic rings. The number of hydrogen-bond donors (Lipinski definition) is 2. The quantitative estimate of drug-likeness (QED) is 0.581. The van der Waals surface area contributed by atoms with Gasteiger partial charge in [0, 0.05) is 26.4 Å². The number of carbonyl (C=O) groups is 3. The molecule has 6 heteroatoms. The average molecular weight is 228 g/mol. The lowest BCUT2D eigenvalue weighted by Gasteiger charge is -2.18. The molecule has 0 aromatic heterocycles. The van der Waals surface area contributed by atoms with Crippen molar-refractivity contribution in [3.05, 3.63) is 12.7 Å². The number of nitrogens with one attached hydrogen (secondary N) is 1. The summed E-state index contributed by atoms with van der Waals surface area (Å²) in [4.78, 5) is 33.7. The van der Waals surface area contributed by atoms with Crippen LogP contribution in [0.2, 0.25) is 0 Å². The van der Waals surface area contributed by atoms with Gasteiger partial charge in [-0.1, -0.05) is 6.08 Å². The third-order valence-electron chi connectivity index (χ3n) is 1.74. The number of nitrogens with zero attached hydrogens (tertiary/aromatic N) is 1. The van der Waals surface area contributed by atoms with Crippen molar-refractivity contribution in [2.24, 2.45) is 0 Å². The predicted molar refractivity (Wildman–Crippen MR) is 57.7 cm³/mol. The lowest BCUT2D eigenvalue weighted by molar-refractivity contribution is -0.144. The minimum Gasteiger partial charge on any atom is -0.480 e. The summed E-state index contributed by atoms with van der Waals surface area (Å²) in [7, 11) is 0. The Kier molecular flexibility index (Phi) is 6.58. The molecule has 0 spiro atoms. The van der Waals surface area contributed by atoms with Crippen LogP contribution in [0, 0.1) is 0 Å². The van der Waals surface area contributed by atoms with E-state index in [1.54, 1.807) is 0 Å². The summed E-state index contributed by atoms with van der Waals surface area (Å²) in [5.41, 5.74) is 0. The first-order chi connectivity index (χ1) is 7.47. The third-order valence-corrected chi connectivity index (χ3v) is 1.74. The van der Waals surface area contributed by atoms with E-state index in [0.717, 1.165) is 4.90 Å². The Morgan fingerprint density at radius 2 is 2.06 bits per heavy atom. The minimum absolute atomic E-state index is 0.0840. The molecule has 0 saturated carbocycles. The van der Waals surface area contributed by atoms with Crippen LogP contribution in [-0.2, 0) is 14.4 Å².